The molecule has 0 saturated carbocycles. The van der Waals surface area contributed by atoms with Crippen molar-refractivity contribution < 1.29 is 34.3 Å². The predicted molar refractivity (Wildman–Crippen MR) is 271 cm³/mol. The molecule has 3 aromatic heterocycles. The van der Waals surface area contributed by atoms with E-state index in [9.17, 15) is 10.2 Å². The molecule has 2 aliphatic heterocycles. The highest BCUT2D eigenvalue weighted by atomic mass is 16.5. The van der Waals surface area contributed by atoms with E-state index in [4.69, 9.17) is 46.9 Å². The van der Waals surface area contributed by atoms with Gasteiger partial charge in [0.05, 0.1) is 51.2 Å². The number of benzene rings is 5. The van der Waals surface area contributed by atoms with E-state index in [0.29, 0.717) is 84.5 Å². The summed E-state index contributed by atoms with van der Waals surface area (Å²) >= 11 is 0. The molecule has 0 radical (unpaired) electrons. The van der Waals surface area contributed by atoms with Gasteiger partial charge < -0.3 is 44.2 Å². The summed E-state index contributed by atoms with van der Waals surface area (Å²) in [6.45, 7) is 0. The normalized spacial score (nSPS) is 15.8. The van der Waals surface area contributed by atoms with Crippen molar-refractivity contribution >= 4 is 34.2 Å². The van der Waals surface area contributed by atoms with Crippen LogP contribution in [0.1, 0.15) is 22.8 Å². The third-order valence-electron chi connectivity index (χ3n) is 12.1. The van der Waals surface area contributed by atoms with E-state index >= 15 is 0 Å². The molecule has 8 bridgehead atoms. The summed E-state index contributed by atoms with van der Waals surface area (Å²) in [5.74, 6) is 7.69. The van der Waals surface area contributed by atoms with Gasteiger partial charge in [-0.1, -0.05) is 78.6 Å². The second-order valence-electron chi connectivity index (χ2n) is 16.1. The number of nitrogens with one attached hydrogen (secondary N) is 2. The zero-order valence-corrected chi connectivity index (χ0v) is 38.1. The van der Waals surface area contributed by atoms with Crippen molar-refractivity contribution in [3.63, 3.8) is 0 Å². The molecule has 5 aromatic carbocycles. The summed E-state index contributed by atoms with van der Waals surface area (Å²) in [6.07, 6.45) is 16.6. The number of hydrogen-bond donors (Lipinski definition) is 5. The summed E-state index contributed by atoms with van der Waals surface area (Å²) in [7, 11) is 6.38. The third kappa shape index (κ3) is 8.19. The molecule has 11 heteroatoms. The fourth-order valence-electron chi connectivity index (χ4n) is 8.71. The van der Waals surface area contributed by atoms with Gasteiger partial charge in [0.25, 0.3) is 0 Å². The van der Waals surface area contributed by atoms with Crippen molar-refractivity contribution in [1.82, 2.24) is 19.9 Å². The number of aliphatic hydroxyl groups is 2. The first kappa shape index (κ1) is 45.2. The maximum atomic E-state index is 12.9. The number of methoxy groups -OCH3 is 4. The summed E-state index contributed by atoms with van der Waals surface area (Å²) < 4.78 is 22.7. The van der Waals surface area contributed by atoms with Gasteiger partial charge in [-0.05, 0) is 119 Å². The van der Waals surface area contributed by atoms with Gasteiger partial charge in [0.1, 0.15) is 28.7 Å². The lowest BCUT2D eigenvalue weighted by Crippen LogP contribution is -2.44. The van der Waals surface area contributed by atoms with Crippen LogP contribution in [0.4, 0.5) is 0 Å². The molecule has 2 aliphatic rings. The minimum Gasteiger partial charge on any atom is -0.508 e. The van der Waals surface area contributed by atoms with Crippen LogP contribution in [-0.2, 0) is 11.2 Å². The topological polar surface area (TPSA) is 155 Å². The Labute approximate surface area is 399 Å². The number of phenols is 1. The lowest BCUT2D eigenvalue weighted by atomic mass is 9.78. The smallest absolute Gasteiger partial charge is 0.215 e. The third-order valence-corrected chi connectivity index (χ3v) is 12.1. The van der Waals surface area contributed by atoms with E-state index in [-0.39, 0.29) is 11.4 Å². The predicted octanol–water partition coefficient (Wildman–Crippen LogP) is 10.9. The van der Waals surface area contributed by atoms with Crippen molar-refractivity contribution in [1.29, 1.82) is 0 Å². The number of ether oxygens (including phenoxy) is 4. The fourth-order valence-corrected chi connectivity index (χ4v) is 8.71. The Balaban J connectivity index is 0.000000779. The monoisotopic (exact) mass is 910 g/mol. The highest BCUT2D eigenvalue weighted by Crippen LogP contribution is 2.51. The molecule has 340 valence electrons. The lowest BCUT2D eigenvalue weighted by Gasteiger charge is -2.31. The van der Waals surface area contributed by atoms with Gasteiger partial charge in [-0.25, -0.2) is 9.97 Å². The molecule has 2 atom stereocenters. The molecule has 5 N–H and O–H groups in total. The average Bonchev–Trinajstić information content (AvgIpc) is 4.22. The van der Waals surface area contributed by atoms with E-state index in [1.54, 1.807) is 77.0 Å². The lowest BCUT2D eigenvalue weighted by molar-refractivity contribution is -0.0800. The van der Waals surface area contributed by atoms with Crippen LogP contribution in [0.5, 0.6) is 28.7 Å². The summed E-state index contributed by atoms with van der Waals surface area (Å²) in [6, 6.07) is 46.3. The van der Waals surface area contributed by atoms with Crippen molar-refractivity contribution in [3.05, 3.63) is 174 Å². The van der Waals surface area contributed by atoms with Crippen LogP contribution in [-0.4, -0.2) is 63.7 Å². The van der Waals surface area contributed by atoms with E-state index < -0.39 is 11.2 Å². The van der Waals surface area contributed by atoms with Crippen LogP contribution in [0.25, 0.3) is 78.7 Å². The Morgan fingerprint density at radius 2 is 0.768 bits per heavy atom. The van der Waals surface area contributed by atoms with Gasteiger partial charge in [-0.2, -0.15) is 0 Å². The number of fused-ring (bicyclic) bond motifs is 8. The van der Waals surface area contributed by atoms with Crippen LogP contribution < -0.4 is 18.9 Å². The minimum atomic E-state index is -2.56. The number of aromatic nitrogens is 4. The Morgan fingerprint density at radius 3 is 1.07 bits per heavy atom. The van der Waals surface area contributed by atoms with Crippen molar-refractivity contribution in [2.24, 2.45) is 0 Å². The number of para-hydroxylation sites is 1. The Bertz CT molecular complexity index is 3340. The number of aromatic amines is 2. The van der Waals surface area contributed by atoms with Crippen LogP contribution in [0.2, 0.25) is 0 Å². The van der Waals surface area contributed by atoms with Gasteiger partial charge in [0.15, 0.2) is 0 Å². The first-order chi connectivity index (χ1) is 33.6. The maximum Gasteiger partial charge on any atom is 0.215 e. The molecule has 69 heavy (non-hydrogen) atoms. The van der Waals surface area contributed by atoms with Crippen molar-refractivity contribution in [2.75, 3.05) is 28.4 Å². The minimum absolute atomic E-state index is 0.0587. The number of nitrogens with zero attached hydrogens (tertiary/aromatic N) is 2. The number of phenolic OH excluding ortho intramolecular Hbond substituents is 1. The largest absolute Gasteiger partial charge is 0.508 e. The zero-order chi connectivity index (χ0) is 48.3. The second kappa shape index (κ2) is 18.7. The van der Waals surface area contributed by atoms with Gasteiger partial charge in [0, 0.05) is 44.3 Å². The second-order valence-corrected chi connectivity index (χ2v) is 16.1. The molecule has 5 heterocycles. The molecule has 0 saturated heterocycles. The van der Waals surface area contributed by atoms with Gasteiger partial charge in [0.2, 0.25) is 11.2 Å². The zero-order valence-electron chi connectivity index (χ0n) is 38.1. The standard InChI is InChI=1S/C52H40N4O6.C6H6O/c1-7-51(57)49-47(33-15-11-19-37(29-33)61-5)43-25-23-41(54-43)45(31-13-9-17-35(27-31)59-3)39-21-22-40(53-39)46(32-14-10-18-36(28-32)60-4)42-24-26-44(55-42)48(50(56-49)52(51,58)8-2)34-16-12-20-38(30-34)62-6;7-6-4-2-1-3-5-6/h1-2,9-30,54-55,57-58H,3-6H3;1-5,7H. The number of aromatic hydroxyl groups is 1. The highest BCUT2D eigenvalue weighted by Gasteiger charge is 2.59. The molecular formula is C58H46N4O7. The molecule has 0 amide bonds. The highest BCUT2D eigenvalue weighted by molar-refractivity contribution is 5.98. The SMILES string of the molecule is C#CC1(O)c2nc(c(-c3cccc(OC)c3)c3ccc([nH]3)c(-c3cccc(OC)c3)c3nc(c(-c4cccc(OC)c4)c4ccc([nH]4)c2-c2cccc(OC)c2)C=C3)C1(O)C#C.Oc1ccccc1. The quantitative estimate of drug-likeness (QED) is 0.0937. The molecule has 0 aliphatic carbocycles. The van der Waals surface area contributed by atoms with Gasteiger partial charge in [-0.3, -0.25) is 0 Å². The van der Waals surface area contributed by atoms with E-state index in [1.807, 2.05) is 115 Å². The van der Waals surface area contributed by atoms with Crippen molar-refractivity contribution in [2.45, 2.75) is 11.2 Å². The molecular weight excluding hydrogens is 865 g/mol. The van der Waals surface area contributed by atoms with Crippen LogP contribution in [0.3, 0.4) is 0 Å². The summed E-state index contributed by atoms with van der Waals surface area (Å²) in [5.41, 5.74) is 3.54. The van der Waals surface area contributed by atoms with E-state index in [2.05, 4.69) is 21.8 Å². The Morgan fingerprint density at radius 1 is 0.435 bits per heavy atom. The van der Waals surface area contributed by atoms with Crippen LogP contribution in [0.15, 0.2) is 152 Å². The van der Waals surface area contributed by atoms with E-state index in [0.717, 1.165) is 22.3 Å². The summed E-state index contributed by atoms with van der Waals surface area (Å²) in [5, 5.41) is 34.5. The molecule has 10 rings (SSSR count). The average molecular weight is 911 g/mol. The number of H-pyrrole nitrogens is 2. The molecule has 0 spiro atoms. The fraction of sp³-hybridized carbons (Fsp3) is 0.103. The summed E-state index contributed by atoms with van der Waals surface area (Å²) in [4.78, 5) is 17.7. The molecule has 11 nitrogen and oxygen atoms in total. The maximum absolute atomic E-state index is 12.9. The Hall–Kier alpha value is -9.00. The number of hydrogen-bond acceptors (Lipinski definition) is 9. The molecule has 8 aromatic rings. The van der Waals surface area contributed by atoms with Gasteiger partial charge in [-0.15, -0.1) is 12.8 Å². The molecule has 2 unspecified atom stereocenters. The first-order valence-electron chi connectivity index (χ1n) is 21.8. The van der Waals surface area contributed by atoms with Gasteiger partial charge >= 0.3 is 0 Å². The van der Waals surface area contributed by atoms with Crippen LogP contribution in [0, 0.1) is 24.7 Å². The Kier molecular flexibility index (Phi) is 12.2. The number of rotatable bonds is 8. The first-order valence-corrected chi connectivity index (χ1v) is 21.8. The van der Waals surface area contributed by atoms with E-state index in [1.165, 1.54) is 0 Å². The number of terminal acetylenes is 2. The van der Waals surface area contributed by atoms with Crippen LogP contribution >= 0.6 is 0 Å². The van der Waals surface area contributed by atoms with Crippen molar-refractivity contribution in [3.8, 4) is 97.9 Å². The molecule has 0 fully saturated rings.